The summed E-state index contributed by atoms with van der Waals surface area (Å²) >= 11 is 0. The van der Waals surface area contributed by atoms with E-state index in [1.54, 1.807) is 6.07 Å². The minimum atomic E-state index is -1.60. The van der Waals surface area contributed by atoms with Crippen molar-refractivity contribution in [2.24, 2.45) is 11.5 Å². The monoisotopic (exact) mass is 256 g/mol. The predicted octanol–water partition coefficient (Wildman–Crippen LogP) is 0.138. The molecule has 6 nitrogen and oxygen atoms in total. The molecule has 0 aliphatic heterocycles. The lowest BCUT2D eigenvalue weighted by Crippen LogP contribution is -2.33. The number of fused-ring (bicyclic) bond motifs is 1. The molecule has 1 aliphatic rings. The molecule has 5 N–H and O–H groups in total. The Hall–Kier alpha value is -1.70. The third-order valence-electron chi connectivity index (χ3n) is 2.74. The number of benzene rings is 1. The fourth-order valence-corrected chi connectivity index (χ4v) is 2.15. The Kier molecular flexibility index (Phi) is 3.46. The first-order chi connectivity index (χ1) is 8.49. The summed E-state index contributed by atoms with van der Waals surface area (Å²) in [5, 5.41) is 9.04. The lowest BCUT2D eigenvalue weighted by Gasteiger charge is -2.21. The fourth-order valence-electron chi connectivity index (χ4n) is 2.15. The number of halogens is 1. The molecule has 98 valence electrons. The van der Waals surface area contributed by atoms with E-state index in [1.807, 2.05) is 0 Å². The molecule has 0 aromatic heterocycles. The summed E-state index contributed by atoms with van der Waals surface area (Å²) in [6.45, 7) is 0. The Balaban J connectivity index is 2.32. The molecule has 1 aromatic carbocycles. The first kappa shape index (κ1) is 12.7. The average Bonchev–Trinajstić information content (AvgIpc) is 2.56. The van der Waals surface area contributed by atoms with E-state index >= 15 is 0 Å². The number of amides is 1. The molecule has 0 bridgehead atoms. The number of carbonyl (C=O) groups excluding carboxylic acids is 1. The lowest BCUT2D eigenvalue weighted by molar-refractivity contribution is -0.159. The summed E-state index contributed by atoms with van der Waals surface area (Å²) in [7, 11) is 0. The lowest BCUT2D eigenvalue weighted by atomic mass is 10.1. The molecule has 2 rings (SSSR count). The van der Waals surface area contributed by atoms with Crippen LogP contribution in [0.3, 0.4) is 0 Å². The Morgan fingerprint density at radius 2 is 2.28 bits per heavy atom. The van der Waals surface area contributed by atoms with Crippen molar-refractivity contribution in [3.05, 3.63) is 35.1 Å². The van der Waals surface area contributed by atoms with Crippen LogP contribution in [0, 0.1) is 5.82 Å². The van der Waals surface area contributed by atoms with Crippen LogP contribution in [0.15, 0.2) is 18.2 Å². The Morgan fingerprint density at radius 1 is 1.56 bits per heavy atom. The molecule has 0 radical (unpaired) electrons. The molecule has 0 spiro atoms. The largest absolute Gasteiger partial charge is 0.443 e. The van der Waals surface area contributed by atoms with Crippen LogP contribution in [0.5, 0.6) is 0 Å². The van der Waals surface area contributed by atoms with Gasteiger partial charge >= 0.3 is 6.09 Å². The van der Waals surface area contributed by atoms with Gasteiger partial charge in [0.1, 0.15) is 18.0 Å². The van der Waals surface area contributed by atoms with Crippen molar-refractivity contribution in [2.45, 2.75) is 25.0 Å². The summed E-state index contributed by atoms with van der Waals surface area (Å²) < 4.78 is 23.6. The molecule has 1 amide bonds. The van der Waals surface area contributed by atoms with E-state index in [0.717, 1.165) is 0 Å². The summed E-state index contributed by atoms with van der Waals surface area (Å²) in [5.74, 6) is -0.506. The highest BCUT2D eigenvalue weighted by atomic mass is 19.1. The zero-order chi connectivity index (χ0) is 13.3. The van der Waals surface area contributed by atoms with Gasteiger partial charge in [-0.2, -0.15) is 0 Å². The maximum Gasteiger partial charge on any atom is 0.404 e. The number of hydrogen-bond acceptors (Lipinski definition) is 5. The quantitative estimate of drug-likeness (QED) is 0.666. The van der Waals surface area contributed by atoms with Gasteiger partial charge in [0, 0.05) is 12.0 Å². The molecule has 0 heterocycles. The van der Waals surface area contributed by atoms with Crippen molar-refractivity contribution >= 4 is 6.09 Å². The van der Waals surface area contributed by atoms with Gasteiger partial charge in [0.05, 0.1) is 0 Å². The van der Waals surface area contributed by atoms with Crippen molar-refractivity contribution < 1.29 is 23.8 Å². The predicted molar refractivity (Wildman–Crippen MR) is 58.6 cm³/mol. The highest BCUT2D eigenvalue weighted by Gasteiger charge is 2.38. The summed E-state index contributed by atoms with van der Waals surface area (Å²) in [4.78, 5) is 10.8. The second-order valence-electron chi connectivity index (χ2n) is 3.94. The number of carbonyl (C=O) groups is 1. The SMILES string of the molecule is NC(=O)O[C@@H]1Cc2cccc(F)c2[C@@H]1OC(N)O. The molecule has 3 atom stereocenters. The van der Waals surface area contributed by atoms with Gasteiger partial charge in [-0.3, -0.25) is 5.73 Å². The fraction of sp³-hybridized carbons (Fsp3) is 0.364. The minimum Gasteiger partial charge on any atom is -0.443 e. The molecule has 1 aromatic rings. The Labute approximate surface area is 102 Å². The van der Waals surface area contributed by atoms with Gasteiger partial charge in [0.25, 0.3) is 0 Å². The van der Waals surface area contributed by atoms with Crippen LogP contribution < -0.4 is 11.5 Å². The first-order valence-electron chi connectivity index (χ1n) is 5.31. The number of aliphatic hydroxyl groups excluding tert-OH is 1. The zero-order valence-corrected chi connectivity index (χ0v) is 9.38. The van der Waals surface area contributed by atoms with Gasteiger partial charge in [-0.15, -0.1) is 0 Å². The van der Waals surface area contributed by atoms with Crippen LogP contribution in [-0.2, 0) is 15.9 Å². The molecule has 7 heteroatoms. The first-order valence-corrected chi connectivity index (χ1v) is 5.31. The van der Waals surface area contributed by atoms with E-state index in [2.05, 4.69) is 0 Å². The number of rotatable bonds is 3. The Bertz CT molecular complexity index is 466. The molecule has 0 fully saturated rings. The molecule has 1 unspecified atom stereocenters. The molecular formula is C11H13FN2O4. The minimum absolute atomic E-state index is 0.230. The van der Waals surface area contributed by atoms with Crippen molar-refractivity contribution in [3.63, 3.8) is 0 Å². The standard InChI is InChI=1S/C11H13FN2O4/c12-6-3-1-2-5-4-7(17-10(13)15)9(8(5)6)18-11(14)16/h1-3,7,9,11,16H,4,14H2,(H2,13,15)/t7-,9-,11?/m1/s1. The number of aliphatic hydroxyl groups is 1. The van der Waals surface area contributed by atoms with Gasteiger partial charge in [-0.25, -0.2) is 9.18 Å². The second kappa shape index (κ2) is 4.89. The van der Waals surface area contributed by atoms with Gasteiger partial charge in [0.2, 0.25) is 6.41 Å². The topological polar surface area (TPSA) is 108 Å². The third-order valence-corrected chi connectivity index (χ3v) is 2.74. The van der Waals surface area contributed by atoms with E-state index in [4.69, 9.17) is 26.0 Å². The van der Waals surface area contributed by atoms with Gasteiger partial charge in [0.15, 0.2) is 0 Å². The van der Waals surface area contributed by atoms with E-state index in [0.29, 0.717) is 5.56 Å². The number of hydrogen-bond donors (Lipinski definition) is 3. The number of primary amides is 1. The van der Waals surface area contributed by atoms with Crippen LogP contribution in [-0.4, -0.2) is 23.7 Å². The van der Waals surface area contributed by atoms with Crippen LogP contribution >= 0.6 is 0 Å². The summed E-state index contributed by atoms with van der Waals surface area (Å²) in [6, 6.07) is 4.48. The van der Waals surface area contributed by atoms with Crippen molar-refractivity contribution in [2.75, 3.05) is 0 Å². The maximum atomic E-state index is 13.7. The molecule has 0 saturated carbocycles. The second-order valence-corrected chi connectivity index (χ2v) is 3.94. The normalized spacial score (nSPS) is 23.5. The van der Waals surface area contributed by atoms with E-state index < -0.39 is 30.5 Å². The van der Waals surface area contributed by atoms with Crippen molar-refractivity contribution in [1.29, 1.82) is 0 Å². The summed E-state index contributed by atoms with van der Waals surface area (Å²) in [5.41, 5.74) is 10.9. The summed E-state index contributed by atoms with van der Waals surface area (Å²) in [6.07, 6.45) is -4.10. The van der Waals surface area contributed by atoms with E-state index in [-0.39, 0.29) is 12.0 Å². The molecule has 1 aliphatic carbocycles. The van der Waals surface area contributed by atoms with E-state index in [1.165, 1.54) is 12.1 Å². The van der Waals surface area contributed by atoms with Gasteiger partial charge < -0.3 is 20.3 Å². The van der Waals surface area contributed by atoms with Crippen LogP contribution in [0.4, 0.5) is 9.18 Å². The highest BCUT2D eigenvalue weighted by molar-refractivity contribution is 5.65. The van der Waals surface area contributed by atoms with Crippen LogP contribution in [0.2, 0.25) is 0 Å². The molecule has 18 heavy (non-hydrogen) atoms. The average molecular weight is 256 g/mol. The number of nitrogens with two attached hydrogens (primary N) is 2. The third kappa shape index (κ3) is 2.42. The van der Waals surface area contributed by atoms with Crippen molar-refractivity contribution in [1.82, 2.24) is 0 Å². The van der Waals surface area contributed by atoms with Gasteiger partial charge in [-0.05, 0) is 11.6 Å². The van der Waals surface area contributed by atoms with Gasteiger partial charge in [-0.1, -0.05) is 12.1 Å². The Morgan fingerprint density at radius 3 is 2.89 bits per heavy atom. The number of ether oxygens (including phenoxy) is 2. The smallest absolute Gasteiger partial charge is 0.404 e. The zero-order valence-electron chi connectivity index (χ0n) is 9.38. The highest BCUT2D eigenvalue weighted by Crippen LogP contribution is 2.38. The molecular weight excluding hydrogens is 243 g/mol. The van der Waals surface area contributed by atoms with E-state index in [9.17, 15) is 9.18 Å². The maximum absolute atomic E-state index is 13.7. The molecule has 0 saturated heterocycles. The van der Waals surface area contributed by atoms with Crippen molar-refractivity contribution in [3.8, 4) is 0 Å². The van der Waals surface area contributed by atoms with Crippen LogP contribution in [0.25, 0.3) is 0 Å². The van der Waals surface area contributed by atoms with Crippen LogP contribution in [0.1, 0.15) is 17.2 Å².